The summed E-state index contributed by atoms with van der Waals surface area (Å²) in [5.74, 6) is 0. The zero-order valence-corrected chi connectivity index (χ0v) is 11.5. The number of thiazole rings is 2. The van der Waals surface area contributed by atoms with Crippen molar-refractivity contribution in [3.8, 4) is 10.6 Å². The van der Waals surface area contributed by atoms with Gasteiger partial charge in [0.25, 0.3) is 0 Å². The number of nitrogen functional groups attached to an aromatic ring is 1. The number of hydrogen-bond acceptors (Lipinski definition) is 5. The largest absolute Gasteiger partial charge is 0.375 e. The number of benzene rings is 2. The predicted octanol–water partition coefficient (Wildman–Crippen LogP) is 4.16. The summed E-state index contributed by atoms with van der Waals surface area (Å²) in [4.78, 5) is 9.11. The van der Waals surface area contributed by atoms with E-state index in [0.717, 1.165) is 26.3 Å². The van der Waals surface area contributed by atoms with E-state index in [1.54, 1.807) is 11.3 Å². The highest BCUT2D eigenvalue weighted by Gasteiger charge is 2.12. The zero-order chi connectivity index (χ0) is 12.8. The van der Waals surface area contributed by atoms with E-state index < -0.39 is 0 Å². The van der Waals surface area contributed by atoms with Crippen molar-refractivity contribution in [2.75, 3.05) is 5.73 Å². The van der Waals surface area contributed by atoms with Crippen LogP contribution in [0.25, 0.3) is 31.0 Å². The van der Waals surface area contributed by atoms with E-state index in [-0.39, 0.29) is 0 Å². The van der Waals surface area contributed by atoms with Crippen molar-refractivity contribution in [2.24, 2.45) is 0 Å². The van der Waals surface area contributed by atoms with Crippen molar-refractivity contribution in [2.45, 2.75) is 0 Å². The molecule has 0 aliphatic rings. The molecule has 0 radical (unpaired) electrons. The van der Waals surface area contributed by atoms with Crippen LogP contribution in [0, 0.1) is 0 Å². The number of rotatable bonds is 1. The van der Waals surface area contributed by atoms with Crippen molar-refractivity contribution < 1.29 is 0 Å². The topological polar surface area (TPSA) is 51.8 Å². The second-order valence-corrected chi connectivity index (χ2v) is 6.28. The standard InChI is InChI=1S/C14H9N3S2/c15-14-17-12-8(4-3-7-11(12)19-14)13-16-9-5-1-2-6-10(9)18-13/h1-7H,(H2,15,17). The molecule has 2 heterocycles. The quantitative estimate of drug-likeness (QED) is 0.571. The molecule has 5 heteroatoms. The van der Waals surface area contributed by atoms with Crippen LogP contribution in [-0.2, 0) is 0 Å². The van der Waals surface area contributed by atoms with Gasteiger partial charge in [0.15, 0.2) is 5.13 Å². The Kier molecular flexibility index (Phi) is 2.30. The van der Waals surface area contributed by atoms with Crippen molar-refractivity contribution in [3.05, 3.63) is 42.5 Å². The van der Waals surface area contributed by atoms with Gasteiger partial charge in [0, 0.05) is 5.56 Å². The summed E-state index contributed by atoms with van der Waals surface area (Å²) in [5.41, 5.74) is 8.84. The Morgan fingerprint density at radius 3 is 2.58 bits per heavy atom. The number of aromatic nitrogens is 2. The van der Waals surface area contributed by atoms with Crippen LogP contribution in [0.4, 0.5) is 5.13 Å². The van der Waals surface area contributed by atoms with Crippen LogP contribution in [0.3, 0.4) is 0 Å². The van der Waals surface area contributed by atoms with E-state index in [0.29, 0.717) is 5.13 Å². The first-order valence-corrected chi connectivity index (χ1v) is 7.45. The molecule has 2 N–H and O–H groups in total. The van der Waals surface area contributed by atoms with E-state index in [2.05, 4.69) is 22.1 Å². The molecule has 92 valence electrons. The molecule has 19 heavy (non-hydrogen) atoms. The second-order valence-electron chi connectivity index (χ2n) is 4.19. The van der Waals surface area contributed by atoms with Gasteiger partial charge >= 0.3 is 0 Å². The predicted molar refractivity (Wildman–Crippen MR) is 82.6 cm³/mol. The minimum Gasteiger partial charge on any atom is -0.375 e. The monoisotopic (exact) mass is 283 g/mol. The highest BCUT2D eigenvalue weighted by atomic mass is 32.1. The number of para-hydroxylation sites is 2. The Labute approximate surface area is 117 Å². The number of anilines is 1. The lowest BCUT2D eigenvalue weighted by Gasteiger charge is -1.96. The van der Waals surface area contributed by atoms with E-state index in [1.165, 1.54) is 16.0 Å². The summed E-state index contributed by atoms with van der Waals surface area (Å²) in [5, 5.41) is 1.60. The van der Waals surface area contributed by atoms with Crippen molar-refractivity contribution in [1.29, 1.82) is 0 Å². The Balaban J connectivity index is 2.03. The number of fused-ring (bicyclic) bond motifs is 2. The van der Waals surface area contributed by atoms with Gasteiger partial charge in [0.05, 0.1) is 20.4 Å². The van der Waals surface area contributed by atoms with E-state index in [4.69, 9.17) is 5.73 Å². The summed E-state index contributed by atoms with van der Waals surface area (Å²) < 4.78 is 2.30. The fraction of sp³-hybridized carbons (Fsp3) is 0. The van der Waals surface area contributed by atoms with Gasteiger partial charge in [-0.3, -0.25) is 0 Å². The van der Waals surface area contributed by atoms with Crippen molar-refractivity contribution in [3.63, 3.8) is 0 Å². The second kappa shape index (κ2) is 4.01. The van der Waals surface area contributed by atoms with Crippen molar-refractivity contribution >= 4 is 48.2 Å². The normalized spacial score (nSPS) is 11.4. The molecular weight excluding hydrogens is 274 g/mol. The van der Waals surface area contributed by atoms with Gasteiger partial charge in [-0.25, -0.2) is 9.97 Å². The van der Waals surface area contributed by atoms with Gasteiger partial charge in [-0.15, -0.1) is 11.3 Å². The summed E-state index contributed by atoms with van der Waals surface area (Å²) in [6.07, 6.45) is 0. The molecule has 0 aliphatic carbocycles. The maximum atomic E-state index is 5.80. The first-order chi connectivity index (χ1) is 9.31. The number of hydrogen-bond donors (Lipinski definition) is 1. The molecule has 0 atom stereocenters. The molecule has 2 aromatic carbocycles. The van der Waals surface area contributed by atoms with Crippen LogP contribution in [0.2, 0.25) is 0 Å². The van der Waals surface area contributed by atoms with Crippen LogP contribution in [0.5, 0.6) is 0 Å². The molecule has 0 saturated carbocycles. The highest BCUT2D eigenvalue weighted by molar-refractivity contribution is 7.23. The maximum absolute atomic E-state index is 5.80. The fourth-order valence-electron chi connectivity index (χ4n) is 2.13. The highest BCUT2D eigenvalue weighted by Crippen LogP contribution is 2.36. The molecule has 0 saturated heterocycles. The van der Waals surface area contributed by atoms with Crippen LogP contribution >= 0.6 is 22.7 Å². The molecule has 4 aromatic rings. The average Bonchev–Trinajstić information content (AvgIpc) is 2.99. The molecule has 2 aromatic heterocycles. The van der Waals surface area contributed by atoms with Crippen LogP contribution in [-0.4, -0.2) is 9.97 Å². The molecule has 0 bridgehead atoms. The molecular formula is C14H9N3S2. The van der Waals surface area contributed by atoms with E-state index >= 15 is 0 Å². The van der Waals surface area contributed by atoms with Gasteiger partial charge in [-0.2, -0.15) is 0 Å². The summed E-state index contributed by atoms with van der Waals surface area (Å²) in [6, 6.07) is 14.3. The number of nitrogens with zero attached hydrogens (tertiary/aromatic N) is 2. The summed E-state index contributed by atoms with van der Waals surface area (Å²) in [7, 11) is 0. The van der Waals surface area contributed by atoms with E-state index in [9.17, 15) is 0 Å². The third kappa shape index (κ3) is 1.70. The zero-order valence-electron chi connectivity index (χ0n) is 9.83. The minimum atomic E-state index is 0.601. The first kappa shape index (κ1) is 10.9. The molecule has 3 nitrogen and oxygen atoms in total. The van der Waals surface area contributed by atoms with Crippen LogP contribution < -0.4 is 5.73 Å². The molecule has 4 rings (SSSR count). The van der Waals surface area contributed by atoms with Gasteiger partial charge < -0.3 is 5.73 Å². The number of nitrogens with two attached hydrogens (primary N) is 1. The lowest BCUT2D eigenvalue weighted by Crippen LogP contribution is -1.82. The average molecular weight is 283 g/mol. The van der Waals surface area contributed by atoms with Gasteiger partial charge in [-0.05, 0) is 24.3 Å². The van der Waals surface area contributed by atoms with Crippen LogP contribution in [0.1, 0.15) is 0 Å². The van der Waals surface area contributed by atoms with Gasteiger partial charge in [-0.1, -0.05) is 29.5 Å². The third-order valence-electron chi connectivity index (χ3n) is 2.96. The molecule has 0 spiro atoms. The first-order valence-electron chi connectivity index (χ1n) is 5.82. The Morgan fingerprint density at radius 2 is 1.68 bits per heavy atom. The van der Waals surface area contributed by atoms with Gasteiger partial charge in [0.2, 0.25) is 0 Å². The third-order valence-corrected chi connectivity index (χ3v) is 4.88. The Morgan fingerprint density at radius 1 is 0.842 bits per heavy atom. The molecule has 0 amide bonds. The van der Waals surface area contributed by atoms with E-state index in [1.807, 2.05) is 30.3 Å². The maximum Gasteiger partial charge on any atom is 0.181 e. The molecule has 0 aliphatic heterocycles. The lowest BCUT2D eigenvalue weighted by atomic mass is 10.2. The molecule has 0 unspecified atom stereocenters. The Bertz CT molecular complexity index is 859. The van der Waals surface area contributed by atoms with Crippen LogP contribution in [0.15, 0.2) is 42.5 Å². The Hall–Kier alpha value is -1.98. The molecule has 0 fully saturated rings. The summed E-state index contributed by atoms with van der Waals surface area (Å²) >= 11 is 3.20. The summed E-state index contributed by atoms with van der Waals surface area (Å²) in [6.45, 7) is 0. The SMILES string of the molecule is Nc1nc2c(-c3nc4ccccc4s3)cccc2s1. The van der Waals surface area contributed by atoms with Crippen molar-refractivity contribution in [1.82, 2.24) is 9.97 Å². The lowest BCUT2D eigenvalue weighted by molar-refractivity contribution is 1.45. The van der Waals surface area contributed by atoms with Gasteiger partial charge in [0.1, 0.15) is 5.01 Å². The smallest absolute Gasteiger partial charge is 0.181 e. The fourth-order valence-corrected chi connectivity index (χ4v) is 3.88. The minimum absolute atomic E-state index is 0.601.